The third-order valence-corrected chi connectivity index (χ3v) is 2.06. The average molecular weight is 226 g/mol. The molecule has 1 radical (unpaired) electrons. The Morgan fingerprint density at radius 1 is 0.765 bits per heavy atom. The predicted molar refractivity (Wildman–Crippen MR) is 59.3 cm³/mol. The highest BCUT2D eigenvalue weighted by Crippen LogP contribution is 2.00. The summed E-state index contributed by atoms with van der Waals surface area (Å²) in [6.45, 7) is 0. The van der Waals surface area contributed by atoms with Gasteiger partial charge in [-0.1, -0.05) is 0 Å². The lowest BCUT2D eigenvalue weighted by Gasteiger charge is -2.00. The van der Waals surface area contributed by atoms with Gasteiger partial charge in [-0.3, -0.25) is 19.6 Å². The summed E-state index contributed by atoms with van der Waals surface area (Å²) in [5.41, 5.74) is 0.671. The second-order valence-corrected chi connectivity index (χ2v) is 3.19. The molecule has 0 atom stereocenters. The maximum absolute atomic E-state index is 11.6. The van der Waals surface area contributed by atoms with Crippen molar-refractivity contribution in [1.29, 1.82) is 0 Å². The van der Waals surface area contributed by atoms with Gasteiger partial charge in [0.1, 0.15) is 0 Å². The highest BCUT2D eigenvalue weighted by Gasteiger charge is 2.13. The second kappa shape index (κ2) is 4.98. The third-order valence-electron chi connectivity index (χ3n) is 2.06. The largest absolute Gasteiger partial charge is 0.280 e. The van der Waals surface area contributed by atoms with Crippen LogP contribution < -0.4 is 5.32 Å². The van der Waals surface area contributed by atoms with Crippen LogP contribution in [0.2, 0.25) is 0 Å². The van der Waals surface area contributed by atoms with Crippen LogP contribution >= 0.6 is 0 Å². The van der Waals surface area contributed by atoms with Crippen LogP contribution in [-0.4, -0.2) is 21.8 Å². The van der Waals surface area contributed by atoms with Crippen molar-refractivity contribution in [3.05, 3.63) is 60.2 Å². The zero-order valence-electron chi connectivity index (χ0n) is 8.78. The van der Waals surface area contributed by atoms with Crippen LogP contribution in [0.1, 0.15) is 20.7 Å². The average Bonchev–Trinajstić information content (AvgIpc) is 2.40. The molecule has 2 aromatic heterocycles. The van der Waals surface area contributed by atoms with Crippen molar-refractivity contribution in [3.63, 3.8) is 0 Å². The van der Waals surface area contributed by atoms with Gasteiger partial charge >= 0.3 is 0 Å². The van der Waals surface area contributed by atoms with Crippen molar-refractivity contribution >= 4 is 11.8 Å². The smallest absolute Gasteiger partial charge is 0.267 e. The molecule has 0 aromatic carbocycles. The van der Waals surface area contributed by atoms with E-state index in [1.54, 1.807) is 0 Å². The quantitative estimate of drug-likeness (QED) is 0.717. The number of hydrogen-bond donors (Lipinski definition) is 0. The molecular formula is C12H8N3O2. The van der Waals surface area contributed by atoms with E-state index < -0.39 is 11.8 Å². The van der Waals surface area contributed by atoms with E-state index in [1.165, 1.54) is 49.1 Å². The highest BCUT2D eigenvalue weighted by atomic mass is 16.2. The Kier molecular flexibility index (Phi) is 3.20. The van der Waals surface area contributed by atoms with E-state index in [1.807, 2.05) is 0 Å². The van der Waals surface area contributed by atoms with Crippen molar-refractivity contribution in [1.82, 2.24) is 15.3 Å². The van der Waals surface area contributed by atoms with Crippen molar-refractivity contribution in [2.45, 2.75) is 0 Å². The minimum atomic E-state index is -0.575. The van der Waals surface area contributed by atoms with E-state index in [0.29, 0.717) is 11.1 Å². The first-order valence-corrected chi connectivity index (χ1v) is 4.88. The molecule has 0 saturated heterocycles. The van der Waals surface area contributed by atoms with E-state index in [0.717, 1.165) is 0 Å². The molecular weight excluding hydrogens is 218 g/mol. The molecule has 0 aliphatic heterocycles. The van der Waals surface area contributed by atoms with Crippen molar-refractivity contribution in [2.24, 2.45) is 0 Å². The normalized spacial score (nSPS) is 9.65. The molecule has 0 aliphatic rings. The van der Waals surface area contributed by atoms with E-state index in [-0.39, 0.29) is 0 Å². The highest BCUT2D eigenvalue weighted by molar-refractivity contribution is 6.09. The Labute approximate surface area is 97.5 Å². The van der Waals surface area contributed by atoms with Crippen LogP contribution in [0.5, 0.6) is 0 Å². The maximum Gasteiger partial charge on any atom is 0.280 e. The Hall–Kier alpha value is -2.56. The second-order valence-electron chi connectivity index (χ2n) is 3.19. The zero-order valence-corrected chi connectivity index (χ0v) is 8.78. The van der Waals surface area contributed by atoms with Crippen LogP contribution in [0.15, 0.2) is 49.1 Å². The van der Waals surface area contributed by atoms with Gasteiger partial charge in [-0.15, -0.1) is 0 Å². The lowest BCUT2D eigenvalue weighted by atomic mass is 10.2. The summed E-state index contributed by atoms with van der Waals surface area (Å²) in [5, 5.41) is 3.48. The van der Waals surface area contributed by atoms with Gasteiger partial charge in [0.2, 0.25) is 0 Å². The Balaban J connectivity index is 2.08. The number of hydrogen-bond acceptors (Lipinski definition) is 4. The molecule has 17 heavy (non-hydrogen) atoms. The molecule has 0 unspecified atom stereocenters. The SMILES string of the molecule is O=C([N]C(=O)c1ccncc1)c1ccncc1. The molecule has 0 bridgehead atoms. The first-order valence-electron chi connectivity index (χ1n) is 4.88. The number of imide groups is 1. The first-order chi connectivity index (χ1) is 8.27. The Morgan fingerprint density at radius 2 is 1.12 bits per heavy atom. The van der Waals surface area contributed by atoms with E-state index >= 15 is 0 Å². The molecule has 0 saturated carbocycles. The lowest BCUT2D eigenvalue weighted by molar-refractivity contribution is 0.0842. The van der Waals surface area contributed by atoms with E-state index in [2.05, 4.69) is 15.3 Å². The van der Waals surface area contributed by atoms with Gasteiger partial charge in [-0.25, -0.2) is 0 Å². The summed E-state index contributed by atoms with van der Waals surface area (Å²) in [6, 6.07) is 6.02. The minimum Gasteiger partial charge on any atom is -0.267 e. The number of carbonyl (C=O) groups is 2. The van der Waals surface area contributed by atoms with Crippen LogP contribution in [0, 0.1) is 0 Å². The minimum absolute atomic E-state index is 0.336. The van der Waals surface area contributed by atoms with Crippen molar-refractivity contribution in [2.75, 3.05) is 0 Å². The van der Waals surface area contributed by atoms with Crippen molar-refractivity contribution in [3.8, 4) is 0 Å². The predicted octanol–water partition coefficient (Wildman–Crippen LogP) is 1.06. The molecule has 0 aliphatic carbocycles. The van der Waals surface area contributed by atoms with Crippen molar-refractivity contribution < 1.29 is 9.59 Å². The number of aromatic nitrogens is 2. The summed E-state index contributed by atoms with van der Waals surface area (Å²) in [7, 11) is 0. The number of amides is 2. The van der Waals surface area contributed by atoms with Crippen LogP contribution in [0.3, 0.4) is 0 Å². The Morgan fingerprint density at radius 3 is 1.47 bits per heavy atom. The van der Waals surface area contributed by atoms with Gasteiger partial charge in [0.05, 0.1) is 0 Å². The Bertz CT molecular complexity index is 476. The van der Waals surface area contributed by atoms with Gasteiger partial charge in [0.25, 0.3) is 11.8 Å². The number of nitrogens with zero attached hydrogens (tertiary/aromatic N) is 3. The molecule has 0 fully saturated rings. The standard InChI is InChI=1S/C12H8N3O2/c16-11(9-1-5-13-6-2-9)15-12(17)10-3-7-14-8-4-10/h1-8H. The van der Waals surface area contributed by atoms with Gasteiger partial charge in [-0.2, -0.15) is 5.32 Å². The molecule has 5 nitrogen and oxygen atoms in total. The summed E-state index contributed by atoms with van der Waals surface area (Å²) in [6.07, 6.45) is 5.89. The zero-order chi connectivity index (χ0) is 12.1. The molecule has 2 rings (SSSR count). The topological polar surface area (TPSA) is 74.0 Å². The molecule has 2 heterocycles. The van der Waals surface area contributed by atoms with Gasteiger partial charge in [0.15, 0.2) is 0 Å². The number of rotatable bonds is 2. The maximum atomic E-state index is 11.6. The number of pyridine rings is 2. The number of carbonyl (C=O) groups excluding carboxylic acids is 2. The van der Waals surface area contributed by atoms with E-state index in [9.17, 15) is 9.59 Å². The summed E-state index contributed by atoms with van der Waals surface area (Å²) in [4.78, 5) is 30.8. The fraction of sp³-hybridized carbons (Fsp3) is 0. The third kappa shape index (κ3) is 2.72. The summed E-state index contributed by atoms with van der Waals surface area (Å²) in [5.74, 6) is -1.15. The first kappa shape index (κ1) is 10.9. The van der Waals surface area contributed by atoms with Crippen LogP contribution in [0.4, 0.5) is 0 Å². The van der Waals surface area contributed by atoms with E-state index in [4.69, 9.17) is 0 Å². The fourth-order valence-electron chi connectivity index (χ4n) is 1.21. The monoisotopic (exact) mass is 226 g/mol. The fourth-order valence-corrected chi connectivity index (χ4v) is 1.21. The lowest BCUT2D eigenvalue weighted by Crippen LogP contribution is -2.23. The van der Waals surface area contributed by atoms with Crippen LogP contribution in [0.25, 0.3) is 0 Å². The molecule has 2 amide bonds. The van der Waals surface area contributed by atoms with Gasteiger partial charge < -0.3 is 0 Å². The molecule has 2 aromatic rings. The summed E-state index contributed by atoms with van der Waals surface area (Å²) >= 11 is 0. The van der Waals surface area contributed by atoms with Gasteiger partial charge in [-0.05, 0) is 24.3 Å². The molecule has 5 heteroatoms. The summed E-state index contributed by atoms with van der Waals surface area (Å²) < 4.78 is 0. The molecule has 83 valence electrons. The molecule has 0 N–H and O–H groups in total. The van der Waals surface area contributed by atoms with Crippen LogP contribution in [-0.2, 0) is 0 Å². The molecule has 0 spiro atoms. The van der Waals surface area contributed by atoms with Gasteiger partial charge in [0, 0.05) is 35.9 Å².